The van der Waals surface area contributed by atoms with Crippen molar-refractivity contribution in [3.8, 4) is 11.8 Å². The van der Waals surface area contributed by atoms with Crippen LogP contribution in [0.1, 0.15) is 0 Å². The van der Waals surface area contributed by atoms with Gasteiger partial charge < -0.3 is 14.1 Å². The standard InChI is InChI=1S/C10H7N3O2/c1-2-4-8-7(3-1)9(5-11-8)15-10-13-12-6-14-10/h1-6,11H. The Labute approximate surface area is 84.7 Å². The van der Waals surface area contributed by atoms with Gasteiger partial charge in [-0.15, -0.1) is 5.10 Å². The summed E-state index contributed by atoms with van der Waals surface area (Å²) in [5.74, 6) is 0.676. The summed E-state index contributed by atoms with van der Waals surface area (Å²) in [6, 6.07) is 7.82. The molecule has 74 valence electrons. The molecule has 5 nitrogen and oxygen atoms in total. The molecule has 0 aliphatic rings. The van der Waals surface area contributed by atoms with E-state index in [1.54, 1.807) is 6.20 Å². The number of H-pyrrole nitrogens is 1. The van der Waals surface area contributed by atoms with E-state index < -0.39 is 0 Å². The number of para-hydroxylation sites is 1. The van der Waals surface area contributed by atoms with E-state index in [1.165, 1.54) is 6.39 Å². The maximum absolute atomic E-state index is 5.40. The molecule has 3 rings (SSSR count). The van der Waals surface area contributed by atoms with Crippen LogP contribution < -0.4 is 4.74 Å². The molecule has 0 amide bonds. The van der Waals surface area contributed by atoms with E-state index in [9.17, 15) is 0 Å². The van der Waals surface area contributed by atoms with Gasteiger partial charge in [-0.1, -0.05) is 17.2 Å². The predicted octanol–water partition coefficient (Wildman–Crippen LogP) is 2.34. The number of nitrogens with one attached hydrogen (secondary N) is 1. The molecule has 0 saturated carbocycles. The lowest BCUT2D eigenvalue weighted by Gasteiger charge is -1.96. The van der Waals surface area contributed by atoms with E-state index in [0.29, 0.717) is 5.75 Å². The van der Waals surface area contributed by atoms with Crippen LogP contribution in [0.4, 0.5) is 0 Å². The highest BCUT2D eigenvalue weighted by Gasteiger charge is 2.07. The Morgan fingerprint density at radius 1 is 1.27 bits per heavy atom. The van der Waals surface area contributed by atoms with Gasteiger partial charge in [-0.25, -0.2) is 0 Å². The monoisotopic (exact) mass is 201 g/mol. The molecular formula is C10H7N3O2. The van der Waals surface area contributed by atoms with E-state index in [1.807, 2.05) is 24.3 Å². The minimum atomic E-state index is 0.139. The van der Waals surface area contributed by atoms with Crippen LogP contribution in [0, 0.1) is 0 Å². The van der Waals surface area contributed by atoms with E-state index in [-0.39, 0.29) is 6.08 Å². The number of nitrogens with zero attached hydrogens (tertiary/aromatic N) is 2. The third-order valence-electron chi connectivity index (χ3n) is 2.09. The summed E-state index contributed by atoms with van der Waals surface area (Å²) < 4.78 is 10.3. The summed E-state index contributed by atoms with van der Waals surface area (Å²) in [4.78, 5) is 3.09. The maximum atomic E-state index is 5.40. The van der Waals surface area contributed by atoms with Gasteiger partial charge in [0.05, 0.1) is 0 Å². The quantitative estimate of drug-likeness (QED) is 0.691. The number of hydrogen-bond donors (Lipinski definition) is 1. The highest BCUT2D eigenvalue weighted by Crippen LogP contribution is 2.28. The van der Waals surface area contributed by atoms with Gasteiger partial charge in [0.15, 0.2) is 5.75 Å². The van der Waals surface area contributed by atoms with Crippen molar-refractivity contribution in [1.29, 1.82) is 0 Å². The van der Waals surface area contributed by atoms with E-state index >= 15 is 0 Å². The first kappa shape index (κ1) is 8.05. The summed E-state index contributed by atoms with van der Waals surface area (Å²) in [5.41, 5.74) is 1.01. The Morgan fingerprint density at radius 3 is 3.07 bits per heavy atom. The Kier molecular flexibility index (Phi) is 1.68. The highest BCUT2D eigenvalue weighted by atomic mass is 16.6. The van der Waals surface area contributed by atoms with Crippen LogP contribution in [0.2, 0.25) is 0 Å². The van der Waals surface area contributed by atoms with Crippen LogP contribution in [0.15, 0.2) is 41.3 Å². The van der Waals surface area contributed by atoms with E-state index in [2.05, 4.69) is 15.2 Å². The number of hydrogen-bond acceptors (Lipinski definition) is 4. The second-order valence-corrected chi connectivity index (χ2v) is 3.01. The van der Waals surface area contributed by atoms with Crippen LogP contribution >= 0.6 is 0 Å². The van der Waals surface area contributed by atoms with Gasteiger partial charge in [-0.05, 0) is 12.1 Å². The molecule has 0 fully saturated rings. The molecule has 0 aliphatic carbocycles. The van der Waals surface area contributed by atoms with Gasteiger partial charge in [-0.2, -0.15) is 0 Å². The molecule has 2 aromatic heterocycles. The minimum Gasteiger partial charge on any atom is -0.408 e. The number of ether oxygens (including phenoxy) is 1. The Balaban J connectivity index is 2.05. The van der Waals surface area contributed by atoms with Crippen molar-refractivity contribution in [3.63, 3.8) is 0 Å². The molecule has 1 aromatic carbocycles. The van der Waals surface area contributed by atoms with Crippen LogP contribution in [-0.4, -0.2) is 15.2 Å². The van der Waals surface area contributed by atoms with E-state index in [0.717, 1.165) is 10.9 Å². The first-order valence-electron chi connectivity index (χ1n) is 4.43. The van der Waals surface area contributed by atoms with Gasteiger partial charge in [0.1, 0.15) is 0 Å². The number of aromatic amines is 1. The average Bonchev–Trinajstić information content (AvgIpc) is 2.89. The SMILES string of the molecule is c1ccc2c(Oc3nnco3)c[nH]c2c1. The molecule has 5 heteroatoms. The largest absolute Gasteiger partial charge is 0.420 e. The minimum absolute atomic E-state index is 0.139. The lowest BCUT2D eigenvalue weighted by molar-refractivity contribution is 0.333. The van der Waals surface area contributed by atoms with Gasteiger partial charge in [0.2, 0.25) is 6.39 Å². The third kappa shape index (κ3) is 1.34. The summed E-state index contributed by atoms with van der Waals surface area (Å²) in [6.45, 7) is 0. The molecule has 0 bridgehead atoms. The zero-order valence-electron chi connectivity index (χ0n) is 7.68. The molecule has 15 heavy (non-hydrogen) atoms. The fourth-order valence-corrected chi connectivity index (χ4v) is 1.43. The number of fused-ring (bicyclic) bond motifs is 1. The molecular weight excluding hydrogens is 194 g/mol. The van der Waals surface area contributed by atoms with Crippen molar-refractivity contribution in [3.05, 3.63) is 36.9 Å². The smallest absolute Gasteiger partial charge is 0.408 e. The van der Waals surface area contributed by atoms with Gasteiger partial charge in [0, 0.05) is 17.1 Å². The predicted molar refractivity (Wildman–Crippen MR) is 52.7 cm³/mol. The lowest BCUT2D eigenvalue weighted by atomic mass is 10.2. The maximum Gasteiger partial charge on any atom is 0.420 e. The van der Waals surface area contributed by atoms with Crippen molar-refractivity contribution in [2.45, 2.75) is 0 Å². The van der Waals surface area contributed by atoms with E-state index in [4.69, 9.17) is 9.15 Å². The van der Waals surface area contributed by atoms with Crippen LogP contribution in [0.25, 0.3) is 10.9 Å². The van der Waals surface area contributed by atoms with Crippen LogP contribution in [0.3, 0.4) is 0 Å². The third-order valence-corrected chi connectivity index (χ3v) is 2.09. The van der Waals surface area contributed by atoms with Gasteiger partial charge >= 0.3 is 6.08 Å². The highest BCUT2D eigenvalue weighted by molar-refractivity contribution is 5.86. The van der Waals surface area contributed by atoms with Gasteiger partial charge in [0.25, 0.3) is 0 Å². The summed E-state index contributed by atoms with van der Waals surface area (Å²) in [5, 5.41) is 8.16. The Hall–Kier alpha value is -2.30. The van der Waals surface area contributed by atoms with Crippen molar-refractivity contribution < 1.29 is 9.15 Å². The first-order valence-corrected chi connectivity index (χ1v) is 4.43. The van der Waals surface area contributed by atoms with Crippen molar-refractivity contribution >= 4 is 10.9 Å². The summed E-state index contributed by atoms with van der Waals surface area (Å²) >= 11 is 0. The molecule has 3 aromatic rings. The topological polar surface area (TPSA) is 63.9 Å². The van der Waals surface area contributed by atoms with Crippen molar-refractivity contribution in [1.82, 2.24) is 15.2 Å². The molecule has 0 aliphatic heterocycles. The second-order valence-electron chi connectivity index (χ2n) is 3.01. The molecule has 2 heterocycles. The Morgan fingerprint density at radius 2 is 2.20 bits per heavy atom. The normalized spacial score (nSPS) is 10.7. The number of benzene rings is 1. The first-order chi connectivity index (χ1) is 7.43. The zero-order chi connectivity index (χ0) is 10.1. The van der Waals surface area contributed by atoms with Crippen molar-refractivity contribution in [2.24, 2.45) is 0 Å². The molecule has 0 atom stereocenters. The average molecular weight is 201 g/mol. The summed E-state index contributed by atoms with van der Waals surface area (Å²) in [7, 11) is 0. The summed E-state index contributed by atoms with van der Waals surface area (Å²) in [6.07, 6.45) is 3.12. The van der Waals surface area contributed by atoms with Crippen LogP contribution in [0.5, 0.6) is 11.8 Å². The second kappa shape index (κ2) is 3.13. The molecule has 0 spiro atoms. The zero-order valence-corrected chi connectivity index (χ0v) is 7.68. The number of aromatic nitrogens is 3. The van der Waals surface area contributed by atoms with Crippen molar-refractivity contribution in [2.75, 3.05) is 0 Å². The fourth-order valence-electron chi connectivity index (χ4n) is 1.43. The van der Waals surface area contributed by atoms with Crippen LogP contribution in [-0.2, 0) is 0 Å². The molecule has 0 saturated heterocycles. The molecule has 1 N–H and O–H groups in total. The molecule has 0 unspecified atom stereocenters. The fraction of sp³-hybridized carbons (Fsp3) is 0. The Bertz CT molecular complexity index is 571. The van der Waals surface area contributed by atoms with Gasteiger partial charge in [-0.3, -0.25) is 0 Å². The molecule has 0 radical (unpaired) electrons. The lowest BCUT2D eigenvalue weighted by Crippen LogP contribution is -1.82. The number of rotatable bonds is 2.